The molecule has 0 aromatic heterocycles. The van der Waals surface area contributed by atoms with Gasteiger partial charge in [0.25, 0.3) is 0 Å². The molecule has 1 heterocycles. The number of hydrogen-bond acceptors (Lipinski definition) is 2. The van der Waals surface area contributed by atoms with Crippen LogP contribution in [0.1, 0.15) is 24.8 Å². The average molecular weight is 237 g/mol. The van der Waals surface area contributed by atoms with Crippen molar-refractivity contribution in [2.24, 2.45) is 11.7 Å². The molecule has 86 valence electrons. The molecule has 0 amide bonds. The molecule has 3 heteroatoms. The van der Waals surface area contributed by atoms with Crippen LogP contribution in [0.2, 0.25) is 5.02 Å². The van der Waals surface area contributed by atoms with Crippen molar-refractivity contribution in [1.82, 2.24) is 0 Å². The molecule has 1 aliphatic heterocycles. The van der Waals surface area contributed by atoms with E-state index in [4.69, 9.17) is 17.3 Å². The van der Waals surface area contributed by atoms with Crippen LogP contribution in [0.5, 0.6) is 0 Å². The molecule has 0 radical (unpaired) electrons. The van der Waals surface area contributed by atoms with Gasteiger partial charge in [0.15, 0.2) is 0 Å². The van der Waals surface area contributed by atoms with Crippen molar-refractivity contribution in [1.29, 1.82) is 0 Å². The van der Waals surface area contributed by atoms with E-state index in [0.29, 0.717) is 6.54 Å². The van der Waals surface area contributed by atoms with Crippen molar-refractivity contribution in [2.45, 2.75) is 31.8 Å². The highest BCUT2D eigenvalue weighted by Crippen LogP contribution is 2.41. The molecular formula is C13H17ClN2. The Balaban J connectivity index is 1.96. The number of nitrogens with zero attached hydrogens (tertiary/aromatic N) is 1. The number of nitrogens with two attached hydrogens (primary N) is 1. The number of benzene rings is 1. The number of anilines is 1. The van der Waals surface area contributed by atoms with Gasteiger partial charge in [-0.15, -0.1) is 0 Å². The smallest absolute Gasteiger partial charge is 0.0429 e. The lowest BCUT2D eigenvalue weighted by Gasteiger charge is -2.31. The van der Waals surface area contributed by atoms with Crippen LogP contribution < -0.4 is 10.6 Å². The Morgan fingerprint density at radius 2 is 2.25 bits per heavy atom. The maximum atomic E-state index is 6.09. The maximum absolute atomic E-state index is 6.09. The fourth-order valence-corrected chi connectivity index (χ4v) is 3.36. The van der Waals surface area contributed by atoms with Crippen LogP contribution in [0.3, 0.4) is 0 Å². The quantitative estimate of drug-likeness (QED) is 0.856. The first-order chi connectivity index (χ1) is 7.78. The van der Waals surface area contributed by atoms with E-state index >= 15 is 0 Å². The second-order valence-corrected chi connectivity index (χ2v) is 5.40. The van der Waals surface area contributed by atoms with Gasteiger partial charge in [-0.25, -0.2) is 0 Å². The van der Waals surface area contributed by atoms with Gasteiger partial charge >= 0.3 is 0 Å². The Hall–Kier alpha value is -0.730. The van der Waals surface area contributed by atoms with Gasteiger partial charge in [0.2, 0.25) is 0 Å². The summed E-state index contributed by atoms with van der Waals surface area (Å²) in [7, 11) is 0. The van der Waals surface area contributed by atoms with Crippen LogP contribution in [0.4, 0.5) is 5.69 Å². The molecule has 3 rings (SSSR count). The van der Waals surface area contributed by atoms with Crippen LogP contribution in [-0.2, 0) is 6.54 Å². The second kappa shape index (κ2) is 3.94. The number of piperidine rings is 1. The second-order valence-electron chi connectivity index (χ2n) is 4.96. The summed E-state index contributed by atoms with van der Waals surface area (Å²) in [5.74, 6) is 0.898. The van der Waals surface area contributed by atoms with Gasteiger partial charge in [0, 0.05) is 29.8 Å². The highest BCUT2D eigenvalue weighted by Gasteiger charge is 2.38. The molecule has 2 unspecified atom stereocenters. The van der Waals surface area contributed by atoms with E-state index in [2.05, 4.69) is 17.0 Å². The summed E-state index contributed by atoms with van der Waals surface area (Å²) < 4.78 is 0. The predicted molar refractivity (Wildman–Crippen MR) is 67.8 cm³/mol. The van der Waals surface area contributed by atoms with Crippen LogP contribution in [0.25, 0.3) is 0 Å². The summed E-state index contributed by atoms with van der Waals surface area (Å²) in [4.78, 5) is 2.52. The van der Waals surface area contributed by atoms with Crippen molar-refractivity contribution >= 4 is 17.3 Å². The molecule has 2 N–H and O–H groups in total. The lowest BCUT2D eigenvalue weighted by Crippen LogP contribution is -2.32. The molecule has 0 spiro atoms. The number of halogens is 1. The molecule has 16 heavy (non-hydrogen) atoms. The molecule has 2 atom stereocenters. The Morgan fingerprint density at radius 3 is 2.88 bits per heavy atom. The Morgan fingerprint density at radius 1 is 1.38 bits per heavy atom. The van der Waals surface area contributed by atoms with Crippen molar-refractivity contribution < 1.29 is 0 Å². The SMILES string of the molecule is NCc1ccc(Cl)cc1N1CC2CCC1C2. The highest BCUT2D eigenvalue weighted by atomic mass is 35.5. The monoisotopic (exact) mass is 236 g/mol. The fraction of sp³-hybridized carbons (Fsp3) is 0.538. The van der Waals surface area contributed by atoms with Crippen LogP contribution in [0.15, 0.2) is 18.2 Å². The van der Waals surface area contributed by atoms with Gasteiger partial charge in [0.05, 0.1) is 0 Å². The van der Waals surface area contributed by atoms with E-state index in [9.17, 15) is 0 Å². The van der Waals surface area contributed by atoms with Crippen LogP contribution in [0, 0.1) is 5.92 Å². The van der Waals surface area contributed by atoms with Crippen LogP contribution >= 0.6 is 11.6 Å². The van der Waals surface area contributed by atoms with Gasteiger partial charge in [-0.1, -0.05) is 17.7 Å². The first-order valence-corrected chi connectivity index (χ1v) is 6.41. The zero-order valence-corrected chi connectivity index (χ0v) is 10.1. The summed E-state index contributed by atoms with van der Waals surface area (Å²) in [5, 5.41) is 0.815. The molecule has 2 nitrogen and oxygen atoms in total. The van der Waals surface area contributed by atoms with Gasteiger partial charge in [-0.05, 0) is 42.9 Å². The molecule has 1 aromatic carbocycles. The molecule has 1 aliphatic carbocycles. The molecule has 2 fully saturated rings. The summed E-state index contributed by atoms with van der Waals surface area (Å²) >= 11 is 6.09. The van der Waals surface area contributed by atoms with E-state index in [1.165, 1.54) is 37.1 Å². The molecular weight excluding hydrogens is 220 g/mol. The molecule has 1 saturated carbocycles. The number of hydrogen-bond donors (Lipinski definition) is 1. The normalized spacial score (nSPS) is 27.8. The van der Waals surface area contributed by atoms with E-state index in [1.54, 1.807) is 0 Å². The topological polar surface area (TPSA) is 29.3 Å². The van der Waals surface area contributed by atoms with E-state index < -0.39 is 0 Å². The maximum Gasteiger partial charge on any atom is 0.0429 e. The third-order valence-corrected chi connectivity index (χ3v) is 4.22. The Bertz CT molecular complexity index is 405. The average Bonchev–Trinajstić information content (AvgIpc) is 2.90. The zero-order chi connectivity index (χ0) is 11.1. The Labute approximate surface area is 101 Å². The third-order valence-electron chi connectivity index (χ3n) is 3.99. The summed E-state index contributed by atoms with van der Waals surface area (Å²) in [6.07, 6.45) is 4.09. The number of fused-ring (bicyclic) bond motifs is 2. The minimum atomic E-state index is 0.598. The summed E-state index contributed by atoms with van der Waals surface area (Å²) in [6.45, 7) is 1.79. The molecule has 2 aliphatic rings. The van der Waals surface area contributed by atoms with E-state index in [-0.39, 0.29) is 0 Å². The minimum absolute atomic E-state index is 0.598. The molecule has 1 saturated heterocycles. The van der Waals surface area contributed by atoms with E-state index in [0.717, 1.165) is 17.0 Å². The molecule has 1 aromatic rings. The standard InChI is InChI=1S/C13H17ClN2/c14-11-3-2-10(7-15)13(6-11)16-8-9-1-4-12(16)5-9/h2-3,6,9,12H,1,4-5,7-8,15H2. The van der Waals surface area contributed by atoms with Crippen molar-refractivity contribution in [3.05, 3.63) is 28.8 Å². The fourth-order valence-electron chi connectivity index (χ4n) is 3.20. The lowest BCUT2D eigenvalue weighted by atomic mass is 10.1. The highest BCUT2D eigenvalue weighted by molar-refractivity contribution is 6.30. The first-order valence-electron chi connectivity index (χ1n) is 6.03. The molecule has 2 bridgehead atoms. The van der Waals surface area contributed by atoms with Crippen molar-refractivity contribution in [3.63, 3.8) is 0 Å². The van der Waals surface area contributed by atoms with Gasteiger partial charge < -0.3 is 10.6 Å². The summed E-state index contributed by atoms with van der Waals surface area (Å²) in [6, 6.07) is 6.80. The number of rotatable bonds is 2. The van der Waals surface area contributed by atoms with Crippen molar-refractivity contribution in [2.75, 3.05) is 11.4 Å². The lowest BCUT2D eigenvalue weighted by molar-refractivity contribution is 0.552. The predicted octanol–water partition coefficient (Wildman–Crippen LogP) is 2.79. The largest absolute Gasteiger partial charge is 0.368 e. The van der Waals surface area contributed by atoms with E-state index in [1.807, 2.05) is 6.07 Å². The van der Waals surface area contributed by atoms with Gasteiger partial charge in [-0.3, -0.25) is 0 Å². The first kappa shape index (κ1) is 10.4. The van der Waals surface area contributed by atoms with Gasteiger partial charge in [0.1, 0.15) is 0 Å². The van der Waals surface area contributed by atoms with Crippen LogP contribution in [-0.4, -0.2) is 12.6 Å². The zero-order valence-electron chi connectivity index (χ0n) is 9.32. The van der Waals surface area contributed by atoms with Gasteiger partial charge in [-0.2, -0.15) is 0 Å². The van der Waals surface area contributed by atoms with Crippen molar-refractivity contribution in [3.8, 4) is 0 Å². The third kappa shape index (κ3) is 1.61. The Kier molecular flexibility index (Phi) is 2.56. The minimum Gasteiger partial charge on any atom is -0.368 e. The summed E-state index contributed by atoms with van der Waals surface area (Å²) in [5.41, 5.74) is 8.28.